The fourth-order valence-corrected chi connectivity index (χ4v) is 1.06. The van der Waals surface area contributed by atoms with Crippen LogP contribution in [0.5, 0.6) is 5.88 Å². The Morgan fingerprint density at radius 2 is 2.31 bits per heavy atom. The number of carbonyl (C=O) groups is 1. The van der Waals surface area contributed by atoms with Crippen LogP contribution in [0.4, 0.5) is 4.39 Å². The van der Waals surface area contributed by atoms with E-state index in [1.54, 1.807) is 7.11 Å². The van der Waals surface area contributed by atoms with Gasteiger partial charge >= 0.3 is 5.97 Å². The molecule has 1 rings (SSSR count). The molecule has 0 spiro atoms. The first-order valence-electron chi connectivity index (χ1n) is 4.66. The number of hydrogen-bond acceptors (Lipinski definition) is 4. The average molecular weight is 229 g/mol. The summed E-state index contributed by atoms with van der Waals surface area (Å²) in [4.78, 5) is 14.2. The van der Waals surface area contributed by atoms with Crippen LogP contribution in [0.25, 0.3) is 0 Å². The normalized spacial score (nSPS) is 10.1. The van der Waals surface area contributed by atoms with Crippen molar-refractivity contribution in [2.24, 2.45) is 0 Å². The first-order chi connectivity index (χ1) is 7.66. The van der Waals surface area contributed by atoms with Gasteiger partial charge in [0, 0.05) is 26.3 Å². The molecule has 0 aliphatic carbocycles. The minimum absolute atomic E-state index is 0.223. The summed E-state index contributed by atoms with van der Waals surface area (Å²) in [5, 5.41) is 8.66. The number of carboxylic acids is 1. The molecule has 6 heteroatoms. The van der Waals surface area contributed by atoms with E-state index in [0.29, 0.717) is 13.0 Å². The molecule has 0 fully saturated rings. The molecule has 1 aromatic heterocycles. The Balaban J connectivity index is 2.66. The molecule has 0 saturated heterocycles. The highest BCUT2D eigenvalue weighted by Gasteiger charge is 2.15. The number of pyridine rings is 1. The van der Waals surface area contributed by atoms with E-state index in [1.165, 1.54) is 6.20 Å². The number of rotatable bonds is 6. The molecule has 0 aromatic carbocycles. The first kappa shape index (κ1) is 12.4. The van der Waals surface area contributed by atoms with Gasteiger partial charge in [-0.1, -0.05) is 0 Å². The van der Waals surface area contributed by atoms with Gasteiger partial charge in [-0.15, -0.1) is 0 Å². The van der Waals surface area contributed by atoms with E-state index in [0.717, 1.165) is 6.07 Å². The van der Waals surface area contributed by atoms with Crippen molar-refractivity contribution >= 4 is 5.97 Å². The van der Waals surface area contributed by atoms with Gasteiger partial charge in [-0.2, -0.15) is 0 Å². The first-order valence-corrected chi connectivity index (χ1v) is 4.66. The number of carboxylic acid groups (broad SMARTS) is 1. The van der Waals surface area contributed by atoms with E-state index in [9.17, 15) is 9.18 Å². The predicted molar refractivity (Wildman–Crippen MR) is 53.1 cm³/mol. The van der Waals surface area contributed by atoms with E-state index in [4.69, 9.17) is 14.6 Å². The average Bonchev–Trinajstić information content (AvgIpc) is 2.26. The molecule has 88 valence electrons. The number of hydrogen-bond donors (Lipinski definition) is 1. The molecule has 1 heterocycles. The molecule has 5 nitrogen and oxygen atoms in total. The smallest absolute Gasteiger partial charge is 0.338 e. The van der Waals surface area contributed by atoms with Gasteiger partial charge in [0.15, 0.2) is 5.82 Å². The Kier molecular flexibility index (Phi) is 4.65. The zero-order valence-corrected chi connectivity index (χ0v) is 8.77. The number of nitrogens with zero attached hydrogens (tertiary/aromatic N) is 1. The molecule has 0 unspecified atom stereocenters. The number of halogens is 1. The number of aromatic carboxylic acids is 1. The second-order valence-corrected chi connectivity index (χ2v) is 2.98. The molecule has 16 heavy (non-hydrogen) atoms. The molecule has 0 radical (unpaired) electrons. The van der Waals surface area contributed by atoms with E-state index in [1.807, 2.05) is 0 Å². The number of aromatic nitrogens is 1. The van der Waals surface area contributed by atoms with Crippen LogP contribution < -0.4 is 4.74 Å². The van der Waals surface area contributed by atoms with Gasteiger partial charge in [-0.3, -0.25) is 0 Å². The van der Waals surface area contributed by atoms with Gasteiger partial charge in [-0.25, -0.2) is 14.2 Å². The monoisotopic (exact) mass is 229 g/mol. The molecule has 0 aliphatic heterocycles. The molecule has 0 bridgehead atoms. The lowest BCUT2D eigenvalue weighted by molar-refractivity contribution is 0.0690. The third-order valence-corrected chi connectivity index (χ3v) is 1.82. The van der Waals surface area contributed by atoms with Crippen molar-refractivity contribution in [3.05, 3.63) is 23.6 Å². The number of methoxy groups -OCH3 is 1. The topological polar surface area (TPSA) is 68.7 Å². The van der Waals surface area contributed by atoms with Crippen molar-refractivity contribution in [1.82, 2.24) is 4.98 Å². The Morgan fingerprint density at radius 3 is 2.94 bits per heavy atom. The van der Waals surface area contributed by atoms with Crippen molar-refractivity contribution in [3.8, 4) is 5.88 Å². The lowest BCUT2D eigenvalue weighted by atomic mass is 10.2. The van der Waals surface area contributed by atoms with Gasteiger partial charge in [0.25, 0.3) is 5.88 Å². The summed E-state index contributed by atoms with van der Waals surface area (Å²) in [5.41, 5.74) is -0.447. The lowest BCUT2D eigenvalue weighted by Gasteiger charge is -2.06. The van der Waals surface area contributed by atoms with Crippen LogP contribution in [0, 0.1) is 5.82 Å². The van der Waals surface area contributed by atoms with Crippen LogP contribution in [0.2, 0.25) is 0 Å². The van der Waals surface area contributed by atoms with E-state index >= 15 is 0 Å². The predicted octanol–water partition coefficient (Wildman–Crippen LogP) is 1.33. The third kappa shape index (κ3) is 3.16. The largest absolute Gasteiger partial charge is 0.478 e. The Morgan fingerprint density at radius 1 is 1.56 bits per heavy atom. The van der Waals surface area contributed by atoms with Crippen LogP contribution in [0.3, 0.4) is 0 Å². The zero-order valence-electron chi connectivity index (χ0n) is 8.77. The minimum Gasteiger partial charge on any atom is -0.478 e. The molecular weight excluding hydrogens is 217 g/mol. The molecular formula is C10H12FNO4. The molecule has 0 amide bonds. The lowest BCUT2D eigenvalue weighted by Crippen LogP contribution is -2.07. The van der Waals surface area contributed by atoms with Crippen LogP contribution >= 0.6 is 0 Å². The maximum Gasteiger partial charge on any atom is 0.338 e. The fourth-order valence-electron chi connectivity index (χ4n) is 1.06. The molecule has 0 saturated carbocycles. The quantitative estimate of drug-likeness (QED) is 0.745. The Bertz CT molecular complexity index is 370. The highest BCUT2D eigenvalue weighted by Crippen LogP contribution is 2.17. The zero-order chi connectivity index (χ0) is 12.0. The second-order valence-electron chi connectivity index (χ2n) is 2.98. The third-order valence-electron chi connectivity index (χ3n) is 1.82. The summed E-state index contributed by atoms with van der Waals surface area (Å²) in [6.45, 7) is 0.709. The summed E-state index contributed by atoms with van der Waals surface area (Å²) < 4.78 is 23.2. The standard InChI is InChI=1S/C10H12FNO4/c1-15-5-2-6-16-9-8(11)7(10(13)14)3-4-12-9/h3-4H,2,5-6H2,1H3,(H,13,14). The fraction of sp³-hybridized carbons (Fsp3) is 0.400. The Labute approximate surface area is 91.8 Å². The van der Waals surface area contributed by atoms with E-state index in [2.05, 4.69) is 4.98 Å². The van der Waals surface area contributed by atoms with Crippen LogP contribution in [-0.4, -0.2) is 36.4 Å². The second kappa shape index (κ2) is 6.02. The molecule has 1 N–H and O–H groups in total. The van der Waals surface area contributed by atoms with Crippen molar-refractivity contribution in [2.75, 3.05) is 20.3 Å². The van der Waals surface area contributed by atoms with Crippen LogP contribution in [0.15, 0.2) is 12.3 Å². The maximum atomic E-state index is 13.4. The van der Waals surface area contributed by atoms with Crippen molar-refractivity contribution in [1.29, 1.82) is 0 Å². The number of ether oxygens (including phenoxy) is 2. The summed E-state index contributed by atoms with van der Waals surface area (Å²) in [6.07, 6.45) is 1.77. The summed E-state index contributed by atoms with van der Waals surface area (Å²) in [7, 11) is 1.55. The van der Waals surface area contributed by atoms with E-state index in [-0.39, 0.29) is 12.5 Å². The van der Waals surface area contributed by atoms with Crippen molar-refractivity contribution in [2.45, 2.75) is 6.42 Å². The van der Waals surface area contributed by atoms with Gasteiger partial charge in [0.05, 0.1) is 6.61 Å². The summed E-state index contributed by atoms with van der Waals surface area (Å²) in [5.74, 6) is -2.59. The molecule has 0 atom stereocenters. The van der Waals surface area contributed by atoms with Gasteiger partial charge in [0.1, 0.15) is 5.56 Å². The summed E-state index contributed by atoms with van der Waals surface area (Å²) >= 11 is 0. The highest BCUT2D eigenvalue weighted by molar-refractivity contribution is 5.88. The highest BCUT2D eigenvalue weighted by atomic mass is 19.1. The maximum absolute atomic E-state index is 13.4. The van der Waals surface area contributed by atoms with Crippen LogP contribution in [0.1, 0.15) is 16.8 Å². The SMILES string of the molecule is COCCCOc1nccc(C(=O)O)c1F. The van der Waals surface area contributed by atoms with Gasteiger partial charge < -0.3 is 14.6 Å². The molecule has 1 aromatic rings. The minimum atomic E-state index is -1.35. The van der Waals surface area contributed by atoms with Crippen molar-refractivity contribution in [3.63, 3.8) is 0 Å². The Hall–Kier alpha value is -1.69. The van der Waals surface area contributed by atoms with E-state index < -0.39 is 17.3 Å². The van der Waals surface area contributed by atoms with Gasteiger partial charge in [-0.05, 0) is 6.07 Å². The van der Waals surface area contributed by atoms with Gasteiger partial charge in [0.2, 0.25) is 0 Å². The van der Waals surface area contributed by atoms with Crippen molar-refractivity contribution < 1.29 is 23.8 Å². The van der Waals surface area contributed by atoms with Crippen LogP contribution in [-0.2, 0) is 4.74 Å². The molecule has 0 aliphatic rings. The summed E-state index contributed by atoms with van der Waals surface area (Å²) in [6, 6.07) is 1.08.